The Labute approximate surface area is 164 Å². The number of imidazole rings is 1. The van der Waals surface area contributed by atoms with Gasteiger partial charge in [0.1, 0.15) is 11.2 Å². The third-order valence-corrected chi connectivity index (χ3v) is 6.08. The zero-order valence-electron chi connectivity index (χ0n) is 12.2. The summed E-state index contributed by atoms with van der Waals surface area (Å²) in [6, 6.07) is 10.7. The van der Waals surface area contributed by atoms with Crippen LogP contribution in [0.2, 0.25) is 20.4 Å². The first-order valence-corrected chi connectivity index (χ1v) is 9.74. The largest absolute Gasteiger partial charge is 0.288 e. The van der Waals surface area contributed by atoms with Crippen molar-refractivity contribution in [3.8, 4) is 5.69 Å². The third kappa shape index (κ3) is 3.88. The highest BCUT2D eigenvalue weighted by Crippen LogP contribution is 2.28. The fourth-order valence-electron chi connectivity index (χ4n) is 2.09. The van der Waals surface area contributed by atoms with Crippen molar-refractivity contribution in [1.29, 1.82) is 0 Å². The number of hydrogen-bond acceptors (Lipinski definition) is 3. The molecule has 2 aromatic carbocycles. The molecule has 10 heteroatoms. The molecule has 1 N–H and O–H groups in total. The summed E-state index contributed by atoms with van der Waals surface area (Å²) in [6.07, 6.45) is 1.47. The van der Waals surface area contributed by atoms with Crippen molar-refractivity contribution in [3.63, 3.8) is 0 Å². The van der Waals surface area contributed by atoms with Gasteiger partial charge in [0.2, 0.25) is 0 Å². The standard InChI is InChI=1S/C15H9Cl4N3O2S/c16-9-1-6-13(12(17)7-9)25(23,24)21-10-2-4-11(5-3-10)22-8-20-14(18)15(22)19/h1-8,21H. The van der Waals surface area contributed by atoms with Crippen LogP contribution >= 0.6 is 46.4 Å². The van der Waals surface area contributed by atoms with Gasteiger partial charge in [0.05, 0.1) is 5.02 Å². The van der Waals surface area contributed by atoms with Gasteiger partial charge in [-0.15, -0.1) is 0 Å². The predicted octanol–water partition coefficient (Wildman–Crippen LogP) is 5.29. The average Bonchev–Trinajstić information content (AvgIpc) is 2.87. The Balaban J connectivity index is 1.87. The monoisotopic (exact) mass is 435 g/mol. The minimum absolute atomic E-state index is 0.0384. The van der Waals surface area contributed by atoms with E-state index in [0.717, 1.165) is 0 Å². The highest BCUT2D eigenvalue weighted by atomic mass is 35.5. The summed E-state index contributed by atoms with van der Waals surface area (Å²) < 4.78 is 28.9. The van der Waals surface area contributed by atoms with E-state index >= 15 is 0 Å². The topological polar surface area (TPSA) is 64.0 Å². The molecular formula is C15H9Cl4N3O2S. The van der Waals surface area contributed by atoms with Gasteiger partial charge in [0, 0.05) is 16.4 Å². The number of benzene rings is 2. The number of anilines is 1. The van der Waals surface area contributed by atoms with E-state index in [2.05, 4.69) is 9.71 Å². The van der Waals surface area contributed by atoms with E-state index in [0.29, 0.717) is 16.4 Å². The SMILES string of the molecule is O=S(=O)(Nc1ccc(-n2cnc(Cl)c2Cl)cc1)c1ccc(Cl)cc1Cl. The molecule has 0 bridgehead atoms. The molecule has 0 aliphatic carbocycles. The minimum Gasteiger partial charge on any atom is -0.288 e. The Morgan fingerprint density at radius 2 is 1.64 bits per heavy atom. The fourth-order valence-corrected chi connectivity index (χ4v) is 4.24. The molecule has 3 aromatic rings. The van der Waals surface area contributed by atoms with Gasteiger partial charge < -0.3 is 0 Å². The molecule has 1 aromatic heterocycles. The van der Waals surface area contributed by atoms with Crippen LogP contribution < -0.4 is 4.72 Å². The lowest BCUT2D eigenvalue weighted by Crippen LogP contribution is -2.13. The van der Waals surface area contributed by atoms with Crippen LogP contribution in [-0.2, 0) is 10.0 Å². The minimum atomic E-state index is -3.85. The first-order valence-electron chi connectivity index (χ1n) is 6.74. The maximum Gasteiger partial charge on any atom is 0.263 e. The second kappa shape index (κ2) is 7.05. The summed E-state index contributed by atoms with van der Waals surface area (Å²) in [4.78, 5) is 3.83. The number of hydrogen-bond donors (Lipinski definition) is 1. The highest BCUT2D eigenvalue weighted by Gasteiger charge is 2.18. The van der Waals surface area contributed by atoms with Crippen LogP contribution in [0.25, 0.3) is 5.69 Å². The lowest BCUT2D eigenvalue weighted by atomic mass is 10.3. The van der Waals surface area contributed by atoms with Crippen LogP contribution in [0.1, 0.15) is 0 Å². The van der Waals surface area contributed by atoms with Crippen LogP contribution in [0, 0.1) is 0 Å². The number of halogens is 4. The molecule has 3 rings (SSSR count). The summed E-state index contributed by atoms with van der Waals surface area (Å²) in [5.41, 5.74) is 1.04. The summed E-state index contributed by atoms with van der Waals surface area (Å²) in [5, 5.41) is 0.840. The van der Waals surface area contributed by atoms with Gasteiger partial charge in [-0.1, -0.05) is 46.4 Å². The van der Waals surface area contributed by atoms with Gasteiger partial charge in [0.25, 0.3) is 10.0 Å². The molecule has 25 heavy (non-hydrogen) atoms. The van der Waals surface area contributed by atoms with Crippen molar-refractivity contribution in [2.75, 3.05) is 4.72 Å². The summed E-state index contributed by atoms with van der Waals surface area (Å²) in [6.45, 7) is 0. The molecule has 0 saturated carbocycles. The second-order valence-electron chi connectivity index (χ2n) is 4.92. The van der Waals surface area contributed by atoms with Crippen LogP contribution in [-0.4, -0.2) is 18.0 Å². The number of sulfonamides is 1. The number of rotatable bonds is 4. The summed E-state index contributed by atoms with van der Waals surface area (Å²) in [7, 11) is -3.85. The molecule has 0 aliphatic heterocycles. The van der Waals surface area contributed by atoms with E-state index in [1.807, 2.05) is 0 Å². The van der Waals surface area contributed by atoms with Gasteiger partial charge in [-0.3, -0.25) is 9.29 Å². The number of nitrogens with zero attached hydrogens (tertiary/aromatic N) is 2. The van der Waals surface area contributed by atoms with Gasteiger partial charge in [-0.05, 0) is 42.5 Å². The third-order valence-electron chi connectivity index (χ3n) is 3.25. The molecule has 0 spiro atoms. The Kier molecular flexibility index (Phi) is 5.18. The zero-order valence-corrected chi connectivity index (χ0v) is 16.1. The average molecular weight is 437 g/mol. The molecule has 0 fully saturated rings. The Morgan fingerprint density at radius 1 is 0.960 bits per heavy atom. The molecular weight excluding hydrogens is 428 g/mol. The normalized spacial score (nSPS) is 11.5. The molecule has 0 amide bonds. The maximum absolute atomic E-state index is 12.5. The molecule has 0 radical (unpaired) electrons. The molecule has 1 heterocycles. The first-order chi connectivity index (χ1) is 11.8. The Morgan fingerprint density at radius 3 is 2.20 bits per heavy atom. The van der Waals surface area contributed by atoms with Crippen molar-refractivity contribution in [1.82, 2.24) is 9.55 Å². The van der Waals surface area contributed by atoms with Crippen LogP contribution in [0.3, 0.4) is 0 Å². The van der Waals surface area contributed by atoms with Crippen LogP contribution in [0.5, 0.6) is 0 Å². The van der Waals surface area contributed by atoms with Gasteiger partial charge in [-0.2, -0.15) is 0 Å². The van der Waals surface area contributed by atoms with Crippen molar-refractivity contribution in [3.05, 3.63) is 69.1 Å². The fraction of sp³-hybridized carbons (Fsp3) is 0. The molecule has 0 unspecified atom stereocenters. The van der Waals surface area contributed by atoms with Crippen molar-refractivity contribution < 1.29 is 8.42 Å². The van der Waals surface area contributed by atoms with Crippen molar-refractivity contribution >= 4 is 62.1 Å². The van der Waals surface area contributed by atoms with E-state index in [1.54, 1.807) is 28.8 Å². The number of nitrogens with one attached hydrogen (secondary N) is 1. The molecule has 0 saturated heterocycles. The zero-order chi connectivity index (χ0) is 18.2. The highest BCUT2D eigenvalue weighted by molar-refractivity contribution is 7.92. The van der Waals surface area contributed by atoms with Crippen LogP contribution in [0.15, 0.2) is 53.7 Å². The van der Waals surface area contributed by atoms with Gasteiger partial charge in [-0.25, -0.2) is 13.4 Å². The summed E-state index contributed by atoms with van der Waals surface area (Å²) >= 11 is 23.6. The van der Waals surface area contributed by atoms with E-state index < -0.39 is 10.0 Å². The Bertz CT molecular complexity index is 1030. The van der Waals surface area contributed by atoms with Gasteiger partial charge >= 0.3 is 0 Å². The summed E-state index contributed by atoms with van der Waals surface area (Å²) in [5.74, 6) is 0. The second-order valence-corrected chi connectivity index (χ2v) is 8.13. The van der Waals surface area contributed by atoms with E-state index in [-0.39, 0.29) is 20.2 Å². The molecule has 130 valence electrons. The van der Waals surface area contributed by atoms with E-state index in [4.69, 9.17) is 46.4 Å². The lowest BCUT2D eigenvalue weighted by Gasteiger charge is -2.11. The molecule has 0 atom stereocenters. The smallest absolute Gasteiger partial charge is 0.263 e. The quantitative estimate of drug-likeness (QED) is 0.604. The van der Waals surface area contributed by atoms with Crippen LogP contribution in [0.4, 0.5) is 5.69 Å². The van der Waals surface area contributed by atoms with Crippen molar-refractivity contribution in [2.45, 2.75) is 4.90 Å². The lowest BCUT2D eigenvalue weighted by molar-refractivity contribution is 0.601. The van der Waals surface area contributed by atoms with Gasteiger partial charge in [0.15, 0.2) is 10.3 Å². The first kappa shape index (κ1) is 18.4. The van der Waals surface area contributed by atoms with Crippen molar-refractivity contribution in [2.24, 2.45) is 0 Å². The molecule has 0 aliphatic rings. The Hall–Kier alpha value is -1.44. The predicted molar refractivity (Wildman–Crippen MR) is 101 cm³/mol. The maximum atomic E-state index is 12.5. The van der Waals surface area contributed by atoms with E-state index in [9.17, 15) is 8.42 Å². The molecule has 5 nitrogen and oxygen atoms in total. The number of aromatic nitrogens is 2. The van der Waals surface area contributed by atoms with E-state index in [1.165, 1.54) is 24.5 Å².